The Balaban J connectivity index is 2.49. The number of rotatable bonds is 6. The Morgan fingerprint density at radius 3 is 2.48 bits per heavy atom. The molecule has 0 radical (unpaired) electrons. The second kappa shape index (κ2) is 7.09. The van der Waals surface area contributed by atoms with E-state index in [0.717, 1.165) is 12.1 Å². The van der Waals surface area contributed by atoms with Crippen molar-refractivity contribution in [3.05, 3.63) is 47.8 Å². The molecule has 0 heterocycles. The second-order valence-corrected chi connectivity index (χ2v) is 4.66. The number of ether oxygens (including phenoxy) is 2. The Hall–Kier alpha value is -2.07. The summed E-state index contributed by atoms with van der Waals surface area (Å²) >= 11 is 0. The van der Waals surface area contributed by atoms with Gasteiger partial charge >= 0.3 is 0 Å². The van der Waals surface area contributed by atoms with Crippen LogP contribution in [0.4, 0.5) is 4.39 Å². The Labute approximate surface area is 124 Å². The van der Waals surface area contributed by atoms with E-state index in [1.165, 1.54) is 6.07 Å². The lowest BCUT2D eigenvalue weighted by atomic mass is 10.0. The number of hydrogen-bond donors (Lipinski definition) is 1. The van der Waals surface area contributed by atoms with Gasteiger partial charge in [0, 0.05) is 17.7 Å². The molecule has 2 aromatic rings. The molecule has 0 spiro atoms. The number of methoxy groups -OCH3 is 2. The maximum atomic E-state index is 14.2. The summed E-state index contributed by atoms with van der Waals surface area (Å²) in [5.74, 6) is 1.01. The summed E-state index contributed by atoms with van der Waals surface area (Å²) in [6.07, 6.45) is 0. The molecule has 0 bridgehead atoms. The number of hydrogen-bond acceptors (Lipinski definition) is 3. The third kappa shape index (κ3) is 3.52. The van der Waals surface area contributed by atoms with E-state index >= 15 is 0 Å². The molecule has 0 aliphatic heterocycles. The predicted octanol–water partition coefficient (Wildman–Crippen LogP) is 3.62. The molecule has 0 saturated carbocycles. The van der Waals surface area contributed by atoms with Crippen LogP contribution in [0.25, 0.3) is 11.1 Å². The van der Waals surface area contributed by atoms with Crippen LogP contribution in [0.15, 0.2) is 36.4 Å². The first-order valence-electron chi connectivity index (χ1n) is 6.91. The van der Waals surface area contributed by atoms with Crippen molar-refractivity contribution in [2.24, 2.45) is 0 Å². The standard InChI is InChI=1S/C17H20FNO2/c1-4-19-11-12-5-7-16(18)14(9-12)15-10-13(20-2)6-8-17(15)21-3/h5-10,19H,4,11H2,1-3H3. The topological polar surface area (TPSA) is 30.5 Å². The minimum atomic E-state index is -0.276. The van der Waals surface area contributed by atoms with Crippen LogP contribution in [-0.2, 0) is 6.54 Å². The maximum absolute atomic E-state index is 14.2. The Kier molecular flexibility index (Phi) is 5.17. The molecule has 0 unspecified atom stereocenters. The summed E-state index contributed by atoms with van der Waals surface area (Å²) in [4.78, 5) is 0. The summed E-state index contributed by atoms with van der Waals surface area (Å²) in [6, 6.07) is 10.5. The highest BCUT2D eigenvalue weighted by molar-refractivity contribution is 5.73. The zero-order valence-electron chi connectivity index (χ0n) is 12.6. The minimum absolute atomic E-state index is 0.276. The monoisotopic (exact) mass is 289 g/mol. The summed E-state index contributed by atoms with van der Waals surface area (Å²) in [5.41, 5.74) is 2.23. The van der Waals surface area contributed by atoms with Crippen molar-refractivity contribution in [1.29, 1.82) is 0 Å². The Bertz CT molecular complexity index is 614. The van der Waals surface area contributed by atoms with Gasteiger partial charge in [0.25, 0.3) is 0 Å². The van der Waals surface area contributed by atoms with E-state index in [-0.39, 0.29) is 5.82 Å². The van der Waals surface area contributed by atoms with E-state index in [1.807, 2.05) is 13.0 Å². The average Bonchev–Trinajstić information content (AvgIpc) is 2.53. The fourth-order valence-corrected chi connectivity index (χ4v) is 2.18. The summed E-state index contributed by atoms with van der Waals surface area (Å²) < 4.78 is 24.8. The summed E-state index contributed by atoms with van der Waals surface area (Å²) in [7, 11) is 3.16. The van der Waals surface area contributed by atoms with E-state index in [2.05, 4.69) is 5.32 Å². The van der Waals surface area contributed by atoms with E-state index < -0.39 is 0 Å². The van der Waals surface area contributed by atoms with Gasteiger partial charge in [0.2, 0.25) is 0 Å². The Morgan fingerprint density at radius 1 is 1.00 bits per heavy atom. The molecule has 112 valence electrons. The van der Waals surface area contributed by atoms with Crippen LogP contribution in [-0.4, -0.2) is 20.8 Å². The quantitative estimate of drug-likeness (QED) is 0.881. The number of nitrogens with one attached hydrogen (secondary N) is 1. The van der Waals surface area contributed by atoms with Crippen LogP contribution in [0.5, 0.6) is 11.5 Å². The highest BCUT2D eigenvalue weighted by Crippen LogP contribution is 2.35. The molecule has 4 heteroatoms. The van der Waals surface area contributed by atoms with Crippen molar-refractivity contribution in [1.82, 2.24) is 5.32 Å². The molecule has 3 nitrogen and oxygen atoms in total. The van der Waals surface area contributed by atoms with Gasteiger partial charge in [-0.05, 0) is 42.4 Å². The van der Waals surface area contributed by atoms with Crippen molar-refractivity contribution in [3.8, 4) is 22.6 Å². The molecule has 0 aromatic heterocycles. The molecular formula is C17H20FNO2. The molecular weight excluding hydrogens is 269 g/mol. The van der Waals surface area contributed by atoms with Crippen molar-refractivity contribution in [3.63, 3.8) is 0 Å². The molecule has 0 atom stereocenters. The van der Waals surface area contributed by atoms with Crippen LogP contribution in [0, 0.1) is 5.82 Å². The molecule has 1 N–H and O–H groups in total. The zero-order chi connectivity index (χ0) is 15.2. The van der Waals surface area contributed by atoms with Crippen LogP contribution in [0.1, 0.15) is 12.5 Å². The fourth-order valence-electron chi connectivity index (χ4n) is 2.18. The number of halogens is 1. The van der Waals surface area contributed by atoms with Crippen molar-refractivity contribution >= 4 is 0 Å². The summed E-state index contributed by atoms with van der Waals surface area (Å²) in [5, 5.41) is 3.24. The van der Waals surface area contributed by atoms with Gasteiger partial charge in [0.15, 0.2) is 0 Å². The first-order chi connectivity index (χ1) is 10.2. The third-order valence-electron chi connectivity index (χ3n) is 3.31. The van der Waals surface area contributed by atoms with E-state index in [9.17, 15) is 4.39 Å². The first kappa shape index (κ1) is 15.3. The van der Waals surface area contributed by atoms with E-state index in [4.69, 9.17) is 9.47 Å². The van der Waals surface area contributed by atoms with Gasteiger partial charge in [-0.2, -0.15) is 0 Å². The lowest BCUT2D eigenvalue weighted by molar-refractivity contribution is 0.404. The van der Waals surface area contributed by atoms with Crippen molar-refractivity contribution < 1.29 is 13.9 Å². The Morgan fingerprint density at radius 2 is 1.81 bits per heavy atom. The average molecular weight is 289 g/mol. The molecule has 2 aromatic carbocycles. The van der Waals surface area contributed by atoms with Gasteiger partial charge in [0.1, 0.15) is 17.3 Å². The lowest BCUT2D eigenvalue weighted by Crippen LogP contribution is -2.11. The normalized spacial score (nSPS) is 10.5. The predicted molar refractivity (Wildman–Crippen MR) is 82.3 cm³/mol. The van der Waals surface area contributed by atoms with E-state index in [0.29, 0.717) is 29.2 Å². The lowest BCUT2D eigenvalue weighted by Gasteiger charge is -2.13. The second-order valence-electron chi connectivity index (χ2n) is 4.66. The van der Waals surface area contributed by atoms with Crippen molar-refractivity contribution in [2.75, 3.05) is 20.8 Å². The van der Waals surface area contributed by atoms with Gasteiger partial charge in [-0.3, -0.25) is 0 Å². The minimum Gasteiger partial charge on any atom is -0.497 e. The molecule has 0 saturated heterocycles. The van der Waals surface area contributed by atoms with Gasteiger partial charge < -0.3 is 14.8 Å². The zero-order valence-corrected chi connectivity index (χ0v) is 12.6. The molecule has 0 fully saturated rings. The fraction of sp³-hybridized carbons (Fsp3) is 0.294. The highest BCUT2D eigenvalue weighted by atomic mass is 19.1. The van der Waals surface area contributed by atoms with Gasteiger partial charge in [-0.25, -0.2) is 4.39 Å². The van der Waals surface area contributed by atoms with Gasteiger partial charge in [-0.1, -0.05) is 13.0 Å². The van der Waals surface area contributed by atoms with Gasteiger partial charge in [0.05, 0.1) is 14.2 Å². The molecule has 0 amide bonds. The maximum Gasteiger partial charge on any atom is 0.131 e. The van der Waals surface area contributed by atoms with E-state index in [1.54, 1.807) is 38.5 Å². The van der Waals surface area contributed by atoms with Crippen LogP contribution >= 0.6 is 0 Å². The third-order valence-corrected chi connectivity index (χ3v) is 3.31. The highest BCUT2D eigenvalue weighted by Gasteiger charge is 2.13. The summed E-state index contributed by atoms with van der Waals surface area (Å²) in [6.45, 7) is 3.61. The van der Waals surface area contributed by atoms with Gasteiger partial charge in [-0.15, -0.1) is 0 Å². The molecule has 2 rings (SSSR count). The molecule has 0 aliphatic carbocycles. The van der Waals surface area contributed by atoms with Crippen molar-refractivity contribution in [2.45, 2.75) is 13.5 Å². The number of benzene rings is 2. The van der Waals surface area contributed by atoms with Crippen LogP contribution in [0.3, 0.4) is 0 Å². The molecule has 21 heavy (non-hydrogen) atoms. The van der Waals surface area contributed by atoms with Crippen LogP contribution < -0.4 is 14.8 Å². The molecule has 0 aliphatic rings. The smallest absolute Gasteiger partial charge is 0.131 e. The largest absolute Gasteiger partial charge is 0.497 e. The SMILES string of the molecule is CCNCc1ccc(F)c(-c2cc(OC)ccc2OC)c1. The van der Waals surface area contributed by atoms with Crippen LogP contribution in [0.2, 0.25) is 0 Å². The first-order valence-corrected chi connectivity index (χ1v) is 6.91.